The maximum Gasteiger partial charge on any atom is 0.282 e. The van der Waals surface area contributed by atoms with Crippen LogP contribution in [0.2, 0.25) is 0 Å². The molecule has 0 saturated heterocycles. The van der Waals surface area contributed by atoms with Gasteiger partial charge in [0.1, 0.15) is 4.83 Å². The number of fused-ring (bicyclic) bond motifs is 1. The van der Waals surface area contributed by atoms with Gasteiger partial charge < -0.3 is 10.7 Å². The van der Waals surface area contributed by atoms with Crippen molar-refractivity contribution in [2.75, 3.05) is 18.6 Å². The lowest BCUT2D eigenvalue weighted by atomic mass is 9.94. The molecule has 2 heterocycles. The van der Waals surface area contributed by atoms with E-state index in [0.717, 1.165) is 28.6 Å². The van der Waals surface area contributed by atoms with Crippen LogP contribution in [0.15, 0.2) is 45.7 Å². The number of carbonyl (C=O) groups excluding carboxylic acids is 1. The third kappa shape index (κ3) is 4.04. The van der Waals surface area contributed by atoms with Gasteiger partial charge in [-0.15, -0.1) is 11.3 Å². The zero-order valence-corrected chi connectivity index (χ0v) is 18.0. The van der Waals surface area contributed by atoms with Crippen molar-refractivity contribution in [3.63, 3.8) is 0 Å². The van der Waals surface area contributed by atoms with Crippen molar-refractivity contribution >= 4 is 39.2 Å². The molecule has 152 valence electrons. The number of hydrogen-bond donors (Lipinski definition) is 1. The maximum atomic E-state index is 12.9. The summed E-state index contributed by atoms with van der Waals surface area (Å²) in [5.41, 5.74) is 1.51. The molecule has 1 saturated carbocycles. The topological polar surface area (TPSA) is 81.2 Å². The number of thiophene rings is 1. The largest absolute Gasteiger partial charge is 0.342 e. The lowest BCUT2D eigenvalue weighted by Crippen LogP contribution is -2.39. The minimum atomic E-state index is -0.286. The van der Waals surface area contributed by atoms with Gasteiger partial charge in [0.25, 0.3) is 5.56 Å². The Morgan fingerprint density at radius 2 is 2.00 bits per heavy atom. The van der Waals surface area contributed by atoms with Crippen LogP contribution in [0.1, 0.15) is 32.1 Å². The highest BCUT2D eigenvalue weighted by atomic mass is 32.2. The first-order valence-corrected chi connectivity index (χ1v) is 11.7. The number of hydrogen-bond acceptors (Lipinski definition) is 6. The van der Waals surface area contributed by atoms with Gasteiger partial charge in [-0.2, -0.15) is 0 Å². The number of nitrogen functional groups attached to an aromatic ring is 1. The fourth-order valence-corrected chi connectivity index (χ4v) is 5.65. The van der Waals surface area contributed by atoms with E-state index in [0.29, 0.717) is 21.4 Å². The van der Waals surface area contributed by atoms with Crippen LogP contribution < -0.4 is 11.4 Å². The third-order valence-corrected chi connectivity index (χ3v) is 7.34. The molecule has 2 aromatic heterocycles. The van der Waals surface area contributed by atoms with Crippen LogP contribution in [0.5, 0.6) is 0 Å². The fraction of sp³-hybridized carbons (Fsp3) is 0.381. The smallest absolute Gasteiger partial charge is 0.282 e. The number of thioether (sulfide) groups is 1. The minimum absolute atomic E-state index is 0.0485. The lowest BCUT2D eigenvalue weighted by Gasteiger charge is -2.31. The highest BCUT2D eigenvalue weighted by Gasteiger charge is 2.23. The van der Waals surface area contributed by atoms with E-state index >= 15 is 0 Å². The number of rotatable bonds is 5. The fourth-order valence-electron chi connectivity index (χ4n) is 3.82. The first-order chi connectivity index (χ1) is 14.1. The van der Waals surface area contributed by atoms with E-state index in [-0.39, 0.29) is 17.2 Å². The first-order valence-electron chi connectivity index (χ1n) is 9.79. The van der Waals surface area contributed by atoms with Crippen LogP contribution in [0.3, 0.4) is 0 Å². The number of carbonyl (C=O) groups is 1. The average Bonchev–Trinajstić information content (AvgIpc) is 3.19. The highest BCUT2D eigenvalue weighted by Crippen LogP contribution is 2.31. The van der Waals surface area contributed by atoms with Crippen LogP contribution in [0.4, 0.5) is 0 Å². The Morgan fingerprint density at radius 1 is 1.28 bits per heavy atom. The van der Waals surface area contributed by atoms with Gasteiger partial charge in [0, 0.05) is 24.0 Å². The maximum absolute atomic E-state index is 12.9. The second kappa shape index (κ2) is 8.59. The third-order valence-electron chi connectivity index (χ3n) is 5.53. The molecule has 1 aromatic carbocycles. The van der Waals surface area contributed by atoms with E-state index in [1.807, 2.05) is 47.7 Å². The van der Waals surface area contributed by atoms with Crippen molar-refractivity contribution in [3.05, 3.63) is 46.1 Å². The molecule has 1 amide bonds. The van der Waals surface area contributed by atoms with Gasteiger partial charge in [-0.25, -0.2) is 9.66 Å². The first kappa shape index (κ1) is 20.0. The molecule has 0 spiro atoms. The predicted octanol–water partition coefficient (Wildman–Crippen LogP) is 3.72. The molecule has 0 unspecified atom stereocenters. The quantitative estimate of drug-likeness (QED) is 0.380. The van der Waals surface area contributed by atoms with Crippen LogP contribution in [-0.2, 0) is 4.79 Å². The minimum Gasteiger partial charge on any atom is -0.342 e. The molecule has 0 aliphatic heterocycles. The van der Waals surface area contributed by atoms with Crippen molar-refractivity contribution in [3.8, 4) is 11.1 Å². The number of nitrogens with two attached hydrogens (primary N) is 1. The van der Waals surface area contributed by atoms with Gasteiger partial charge in [0.05, 0.1) is 11.1 Å². The van der Waals surface area contributed by atoms with E-state index in [1.165, 1.54) is 42.4 Å². The number of nitrogens with zero attached hydrogens (tertiary/aromatic N) is 3. The van der Waals surface area contributed by atoms with Crippen LogP contribution in [-0.4, -0.2) is 39.3 Å². The Hall–Kier alpha value is -2.32. The summed E-state index contributed by atoms with van der Waals surface area (Å²) < 4.78 is 1.07. The molecule has 0 atom stereocenters. The van der Waals surface area contributed by atoms with Crippen molar-refractivity contribution in [2.24, 2.45) is 0 Å². The van der Waals surface area contributed by atoms with Gasteiger partial charge in [0.15, 0.2) is 5.16 Å². The molecule has 0 bridgehead atoms. The Bertz CT molecular complexity index is 1070. The second-order valence-electron chi connectivity index (χ2n) is 7.35. The molecule has 1 fully saturated rings. The monoisotopic (exact) mass is 428 g/mol. The summed E-state index contributed by atoms with van der Waals surface area (Å²) in [6.45, 7) is 0. The van der Waals surface area contributed by atoms with E-state index in [1.54, 1.807) is 0 Å². The summed E-state index contributed by atoms with van der Waals surface area (Å²) >= 11 is 2.64. The Kier molecular flexibility index (Phi) is 5.91. The molecule has 4 rings (SSSR count). The van der Waals surface area contributed by atoms with Gasteiger partial charge in [-0.05, 0) is 18.4 Å². The van der Waals surface area contributed by atoms with E-state index in [9.17, 15) is 9.59 Å². The molecular weight excluding hydrogens is 404 g/mol. The van der Waals surface area contributed by atoms with Crippen LogP contribution in [0, 0.1) is 0 Å². The van der Waals surface area contributed by atoms with Crippen molar-refractivity contribution < 1.29 is 4.79 Å². The molecule has 0 radical (unpaired) electrons. The van der Waals surface area contributed by atoms with Crippen molar-refractivity contribution in [2.45, 2.75) is 43.3 Å². The van der Waals surface area contributed by atoms with Crippen LogP contribution >= 0.6 is 23.1 Å². The van der Waals surface area contributed by atoms with E-state index in [2.05, 4.69) is 4.98 Å². The molecule has 8 heteroatoms. The molecule has 29 heavy (non-hydrogen) atoms. The number of amides is 1. The van der Waals surface area contributed by atoms with E-state index < -0.39 is 0 Å². The second-order valence-corrected chi connectivity index (χ2v) is 9.15. The standard InChI is InChI=1S/C21H24N4O2S2/c1-24(15-10-6-3-7-11-15)17(26)13-29-21-23-19-18(20(27)25(21)22)16(12-28-19)14-8-4-2-5-9-14/h2,4-5,8-9,12,15H,3,6-7,10-11,13,22H2,1H3. The Labute approximate surface area is 177 Å². The molecule has 6 nitrogen and oxygen atoms in total. The van der Waals surface area contributed by atoms with Gasteiger partial charge in [-0.3, -0.25) is 9.59 Å². The summed E-state index contributed by atoms with van der Waals surface area (Å²) in [5.74, 6) is 6.33. The van der Waals surface area contributed by atoms with Gasteiger partial charge >= 0.3 is 0 Å². The van der Waals surface area contributed by atoms with Gasteiger partial charge in [0.2, 0.25) is 5.91 Å². The number of aromatic nitrogens is 2. The average molecular weight is 429 g/mol. The predicted molar refractivity (Wildman–Crippen MR) is 120 cm³/mol. The normalized spacial score (nSPS) is 14.9. The molecule has 1 aliphatic carbocycles. The molecule has 2 N–H and O–H groups in total. The summed E-state index contributed by atoms with van der Waals surface area (Å²) in [5, 5.41) is 2.83. The molecule has 1 aliphatic rings. The van der Waals surface area contributed by atoms with Crippen molar-refractivity contribution in [1.82, 2.24) is 14.6 Å². The van der Waals surface area contributed by atoms with Crippen LogP contribution in [0.25, 0.3) is 21.3 Å². The molecule has 3 aromatic rings. The van der Waals surface area contributed by atoms with Crippen molar-refractivity contribution in [1.29, 1.82) is 0 Å². The molecular formula is C21H24N4O2S2. The number of benzene rings is 1. The Balaban J connectivity index is 1.55. The lowest BCUT2D eigenvalue weighted by molar-refractivity contribution is -0.129. The summed E-state index contributed by atoms with van der Waals surface area (Å²) in [7, 11) is 1.87. The summed E-state index contributed by atoms with van der Waals surface area (Å²) in [6.07, 6.45) is 5.74. The SMILES string of the molecule is CN(C(=O)CSc1nc2scc(-c3ccccc3)c2c(=O)n1N)C1CCCCC1. The summed E-state index contributed by atoms with van der Waals surface area (Å²) in [6, 6.07) is 10.1. The Morgan fingerprint density at radius 3 is 2.72 bits per heavy atom. The summed E-state index contributed by atoms with van der Waals surface area (Å²) in [4.78, 5) is 32.6. The van der Waals surface area contributed by atoms with E-state index in [4.69, 9.17) is 5.84 Å². The zero-order valence-electron chi connectivity index (χ0n) is 16.3. The van der Waals surface area contributed by atoms with Gasteiger partial charge in [-0.1, -0.05) is 61.4 Å². The zero-order chi connectivity index (χ0) is 20.4. The highest BCUT2D eigenvalue weighted by molar-refractivity contribution is 7.99.